The van der Waals surface area contributed by atoms with Gasteiger partial charge in [0.1, 0.15) is 0 Å². The van der Waals surface area contributed by atoms with Crippen molar-refractivity contribution in [1.29, 1.82) is 0 Å². The van der Waals surface area contributed by atoms with E-state index in [0.717, 1.165) is 13.0 Å². The Balaban J connectivity index is 1.81. The van der Waals surface area contributed by atoms with Crippen LogP contribution in [0.2, 0.25) is 0 Å². The van der Waals surface area contributed by atoms with Crippen LogP contribution in [0.3, 0.4) is 0 Å². The number of fused-ring (bicyclic) bond motifs is 1. The van der Waals surface area contributed by atoms with Crippen molar-refractivity contribution >= 4 is 0 Å². The average molecular weight is 247 g/mol. The summed E-state index contributed by atoms with van der Waals surface area (Å²) in [7, 11) is 2.02. The molecule has 0 saturated heterocycles. The standard InChI is InChI=1S/C16H25NO/c1-13(17-2)7-6-12-18-16-11-5-9-14-8-3-4-10-15(14)16/h3-4,8,10,13,16-17H,5-7,9,11-12H2,1-2H3. The number of hydrogen-bond donors (Lipinski definition) is 1. The Morgan fingerprint density at radius 3 is 3.06 bits per heavy atom. The Bertz CT molecular complexity index is 364. The molecule has 0 bridgehead atoms. The van der Waals surface area contributed by atoms with Gasteiger partial charge in [0.25, 0.3) is 0 Å². The molecule has 0 fully saturated rings. The van der Waals surface area contributed by atoms with Gasteiger partial charge in [0.05, 0.1) is 6.10 Å². The van der Waals surface area contributed by atoms with Gasteiger partial charge in [-0.3, -0.25) is 0 Å². The van der Waals surface area contributed by atoms with E-state index in [1.807, 2.05) is 7.05 Å². The van der Waals surface area contributed by atoms with Gasteiger partial charge in [0, 0.05) is 12.6 Å². The van der Waals surface area contributed by atoms with Gasteiger partial charge in [-0.2, -0.15) is 0 Å². The SMILES string of the molecule is CNC(C)CCCOC1CCCc2ccccc21. The molecular formula is C16H25NO. The molecule has 0 aliphatic heterocycles. The minimum Gasteiger partial charge on any atom is -0.374 e. The zero-order chi connectivity index (χ0) is 12.8. The highest BCUT2D eigenvalue weighted by atomic mass is 16.5. The summed E-state index contributed by atoms with van der Waals surface area (Å²) in [5.41, 5.74) is 2.91. The second-order valence-corrected chi connectivity index (χ2v) is 5.28. The summed E-state index contributed by atoms with van der Waals surface area (Å²) in [6.07, 6.45) is 6.31. The van der Waals surface area contributed by atoms with Crippen LogP contribution in [-0.2, 0) is 11.2 Å². The summed E-state index contributed by atoms with van der Waals surface area (Å²) in [6.45, 7) is 3.10. The summed E-state index contributed by atoms with van der Waals surface area (Å²) in [4.78, 5) is 0. The maximum atomic E-state index is 6.08. The Hall–Kier alpha value is -0.860. The summed E-state index contributed by atoms with van der Waals surface area (Å²) < 4.78 is 6.08. The molecule has 0 aromatic heterocycles. The Labute approximate surface area is 111 Å². The highest BCUT2D eigenvalue weighted by molar-refractivity contribution is 5.31. The van der Waals surface area contributed by atoms with Crippen LogP contribution in [0.1, 0.15) is 49.8 Å². The molecule has 0 amide bonds. The lowest BCUT2D eigenvalue weighted by atomic mass is 9.89. The highest BCUT2D eigenvalue weighted by Crippen LogP contribution is 2.32. The van der Waals surface area contributed by atoms with Gasteiger partial charge in [-0.25, -0.2) is 0 Å². The summed E-state index contributed by atoms with van der Waals surface area (Å²) in [5.74, 6) is 0. The Morgan fingerprint density at radius 2 is 2.22 bits per heavy atom. The van der Waals surface area contributed by atoms with E-state index in [-0.39, 0.29) is 0 Å². The van der Waals surface area contributed by atoms with E-state index in [1.54, 1.807) is 0 Å². The minimum absolute atomic E-state index is 0.333. The van der Waals surface area contributed by atoms with Gasteiger partial charge in [-0.05, 0) is 57.2 Å². The predicted molar refractivity (Wildman–Crippen MR) is 75.8 cm³/mol. The van der Waals surface area contributed by atoms with Crippen LogP contribution in [0, 0.1) is 0 Å². The third-order valence-corrected chi connectivity index (χ3v) is 3.91. The fourth-order valence-corrected chi connectivity index (χ4v) is 2.64. The van der Waals surface area contributed by atoms with Crippen molar-refractivity contribution in [2.75, 3.05) is 13.7 Å². The molecule has 0 radical (unpaired) electrons. The molecule has 1 aromatic carbocycles. The van der Waals surface area contributed by atoms with Crippen molar-refractivity contribution in [2.45, 2.75) is 51.2 Å². The quantitative estimate of drug-likeness (QED) is 0.777. The lowest BCUT2D eigenvalue weighted by Gasteiger charge is -2.25. The predicted octanol–water partition coefficient (Wildman–Crippen LogP) is 3.47. The van der Waals surface area contributed by atoms with Gasteiger partial charge >= 0.3 is 0 Å². The first-order valence-corrected chi connectivity index (χ1v) is 7.18. The van der Waals surface area contributed by atoms with Gasteiger partial charge < -0.3 is 10.1 Å². The van der Waals surface area contributed by atoms with E-state index in [4.69, 9.17) is 4.74 Å². The molecule has 0 spiro atoms. The minimum atomic E-state index is 0.333. The molecule has 1 aliphatic rings. The van der Waals surface area contributed by atoms with E-state index < -0.39 is 0 Å². The number of nitrogens with one attached hydrogen (secondary N) is 1. The van der Waals surface area contributed by atoms with E-state index in [0.29, 0.717) is 12.1 Å². The smallest absolute Gasteiger partial charge is 0.0827 e. The lowest BCUT2D eigenvalue weighted by molar-refractivity contribution is 0.0376. The van der Waals surface area contributed by atoms with Crippen LogP contribution in [0.15, 0.2) is 24.3 Å². The molecule has 100 valence electrons. The van der Waals surface area contributed by atoms with Gasteiger partial charge in [-0.1, -0.05) is 24.3 Å². The largest absolute Gasteiger partial charge is 0.374 e. The van der Waals surface area contributed by atoms with Crippen molar-refractivity contribution in [2.24, 2.45) is 0 Å². The molecule has 1 aromatic rings. The molecule has 1 aliphatic carbocycles. The fourth-order valence-electron chi connectivity index (χ4n) is 2.64. The first-order valence-electron chi connectivity index (χ1n) is 7.18. The van der Waals surface area contributed by atoms with Crippen molar-refractivity contribution in [3.05, 3.63) is 35.4 Å². The zero-order valence-electron chi connectivity index (χ0n) is 11.6. The third-order valence-electron chi connectivity index (χ3n) is 3.91. The molecule has 2 atom stereocenters. The zero-order valence-corrected chi connectivity index (χ0v) is 11.6. The molecule has 2 heteroatoms. The normalized spacial score (nSPS) is 20.4. The van der Waals surface area contributed by atoms with E-state index in [2.05, 4.69) is 36.5 Å². The van der Waals surface area contributed by atoms with E-state index in [9.17, 15) is 0 Å². The van der Waals surface area contributed by atoms with E-state index >= 15 is 0 Å². The molecular weight excluding hydrogens is 222 g/mol. The first-order chi connectivity index (χ1) is 8.81. The van der Waals surface area contributed by atoms with Crippen LogP contribution >= 0.6 is 0 Å². The number of aryl methyl sites for hydroxylation is 1. The van der Waals surface area contributed by atoms with Crippen LogP contribution in [0.5, 0.6) is 0 Å². The van der Waals surface area contributed by atoms with Crippen molar-refractivity contribution in [3.8, 4) is 0 Å². The summed E-state index contributed by atoms with van der Waals surface area (Å²) >= 11 is 0. The Kier molecular flexibility index (Phi) is 5.21. The fraction of sp³-hybridized carbons (Fsp3) is 0.625. The number of rotatable bonds is 6. The van der Waals surface area contributed by atoms with Gasteiger partial charge in [-0.15, -0.1) is 0 Å². The molecule has 2 nitrogen and oxygen atoms in total. The van der Waals surface area contributed by atoms with E-state index in [1.165, 1.54) is 36.8 Å². The average Bonchev–Trinajstić information content (AvgIpc) is 2.43. The Morgan fingerprint density at radius 1 is 1.39 bits per heavy atom. The molecule has 2 unspecified atom stereocenters. The van der Waals surface area contributed by atoms with Crippen LogP contribution in [0.25, 0.3) is 0 Å². The second kappa shape index (κ2) is 6.91. The molecule has 2 rings (SSSR count). The topological polar surface area (TPSA) is 21.3 Å². The highest BCUT2D eigenvalue weighted by Gasteiger charge is 2.19. The van der Waals surface area contributed by atoms with Gasteiger partial charge in [0.2, 0.25) is 0 Å². The van der Waals surface area contributed by atoms with Crippen LogP contribution in [-0.4, -0.2) is 19.7 Å². The lowest BCUT2D eigenvalue weighted by Crippen LogP contribution is -2.21. The summed E-state index contributed by atoms with van der Waals surface area (Å²) in [5, 5.41) is 3.26. The maximum absolute atomic E-state index is 6.08. The van der Waals surface area contributed by atoms with Gasteiger partial charge in [0.15, 0.2) is 0 Å². The molecule has 0 saturated carbocycles. The van der Waals surface area contributed by atoms with Crippen LogP contribution < -0.4 is 5.32 Å². The molecule has 18 heavy (non-hydrogen) atoms. The van der Waals surface area contributed by atoms with Crippen molar-refractivity contribution in [1.82, 2.24) is 5.32 Å². The second-order valence-electron chi connectivity index (χ2n) is 5.28. The number of ether oxygens (including phenoxy) is 1. The summed E-state index contributed by atoms with van der Waals surface area (Å²) in [6, 6.07) is 9.33. The van der Waals surface area contributed by atoms with Crippen molar-refractivity contribution in [3.63, 3.8) is 0 Å². The number of hydrogen-bond acceptors (Lipinski definition) is 2. The number of benzene rings is 1. The van der Waals surface area contributed by atoms with Crippen LogP contribution in [0.4, 0.5) is 0 Å². The molecule has 1 N–H and O–H groups in total. The molecule has 0 heterocycles. The third kappa shape index (κ3) is 3.56. The monoisotopic (exact) mass is 247 g/mol. The van der Waals surface area contributed by atoms with Crippen molar-refractivity contribution < 1.29 is 4.74 Å². The first kappa shape index (κ1) is 13.6. The maximum Gasteiger partial charge on any atom is 0.0827 e.